The molecule has 0 aromatic carbocycles. The number of carbonyl (C=O) groups is 1. The van der Waals surface area contributed by atoms with Crippen LogP contribution in [0.4, 0.5) is 0 Å². The van der Waals surface area contributed by atoms with Crippen molar-refractivity contribution in [2.75, 3.05) is 13.2 Å². The Morgan fingerprint density at radius 2 is 2.22 bits per heavy atom. The number of hydrogen-bond acceptors (Lipinski definition) is 3. The van der Waals surface area contributed by atoms with Crippen molar-refractivity contribution in [2.45, 2.75) is 46.5 Å². The molecule has 0 radical (unpaired) electrons. The first-order valence-corrected chi connectivity index (χ1v) is 8.89. The zero-order chi connectivity index (χ0) is 16.7. The van der Waals surface area contributed by atoms with E-state index in [1.807, 2.05) is 18.2 Å². The fourth-order valence-corrected chi connectivity index (χ4v) is 3.53. The van der Waals surface area contributed by atoms with Crippen LogP contribution in [-0.4, -0.2) is 24.0 Å². The molecule has 4 heteroatoms. The van der Waals surface area contributed by atoms with Gasteiger partial charge in [0.1, 0.15) is 0 Å². The lowest BCUT2D eigenvalue weighted by Crippen LogP contribution is -2.40. The van der Waals surface area contributed by atoms with Crippen molar-refractivity contribution in [3.05, 3.63) is 24.4 Å². The lowest BCUT2D eigenvalue weighted by atomic mass is 9.70. The quantitative estimate of drug-likeness (QED) is 0.780. The number of nitrogens with one attached hydrogen (secondary N) is 1. The molecule has 0 saturated heterocycles. The van der Waals surface area contributed by atoms with Crippen LogP contribution in [0.3, 0.4) is 0 Å². The third-order valence-electron chi connectivity index (χ3n) is 4.87. The first-order valence-electron chi connectivity index (χ1n) is 8.89. The molecule has 23 heavy (non-hydrogen) atoms. The second-order valence-corrected chi connectivity index (χ2v) is 7.09. The third-order valence-corrected chi connectivity index (χ3v) is 4.87. The molecule has 0 spiro atoms. The van der Waals surface area contributed by atoms with E-state index in [4.69, 9.17) is 4.74 Å². The smallest absolute Gasteiger partial charge is 0.223 e. The van der Waals surface area contributed by atoms with Crippen molar-refractivity contribution >= 4 is 5.91 Å². The maximum atomic E-state index is 12.5. The molecule has 1 N–H and O–H groups in total. The van der Waals surface area contributed by atoms with Crippen molar-refractivity contribution < 1.29 is 9.53 Å². The zero-order valence-electron chi connectivity index (χ0n) is 14.6. The van der Waals surface area contributed by atoms with Gasteiger partial charge in [-0.25, -0.2) is 4.98 Å². The van der Waals surface area contributed by atoms with Gasteiger partial charge in [-0.1, -0.05) is 33.3 Å². The molecule has 1 aromatic rings. The van der Waals surface area contributed by atoms with Gasteiger partial charge >= 0.3 is 0 Å². The van der Waals surface area contributed by atoms with Crippen LogP contribution in [0.25, 0.3) is 0 Å². The van der Waals surface area contributed by atoms with Gasteiger partial charge in [-0.3, -0.25) is 4.79 Å². The van der Waals surface area contributed by atoms with Gasteiger partial charge in [0.25, 0.3) is 0 Å². The molecule has 1 aromatic heterocycles. The van der Waals surface area contributed by atoms with E-state index >= 15 is 0 Å². The summed E-state index contributed by atoms with van der Waals surface area (Å²) in [6.07, 6.45) is 5.98. The first-order chi connectivity index (χ1) is 11.1. The Balaban J connectivity index is 1.70. The number of nitrogens with zero attached hydrogens (tertiary/aromatic N) is 1. The summed E-state index contributed by atoms with van der Waals surface area (Å²) in [6.45, 7) is 7.98. The summed E-state index contributed by atoms with van der Waals surface area (Å²) < 4.78 is 5.55. The minimum atomic E-state index is 0.176. The van der Waals surface area contributed by atoms with Crippen molar-refractivity contribution in [2.24, 2.45) is 23.7 Å². The zero-order valence-corrected chi connectivity index (χ0v) is 14.6. The molecule has 3 atom stereocenters. The third kappa shape index (κ3) is 5.52. The molecule has 1 heterocycles. The van der Waals surface area contributed by atoms with Gasteiger partial charge in [-0.2, -0.15) is 0 Å². The highest BCUT2D eigenvalue weighted by atomic mass is 16.5. The number of amides is 1. The normalized spacial score (nSPS) is 24.4. The van der Waals surface area contributed by atoms with Crippen LogP contribution in [0, 0.1) is 23.7 Å². The molecule has 0 bridgehead atoms. The maximum absolute atomic E-state index is 12.5. The average Bonchev–Trinajstić information content (AvgIpc) is 2.55. The van der Waals surface area contributed by atoms with Crippen LogP contribution >= 0.6 is 0 Å². The number of rotatable bonds is 7. The number of carbonyl (C=O) groups excluding carboxylic acids is 1. The standard InChI is InChI=1S/C19H30N2O2/c1-14(2)16-9-8-15(3)13-17(16)19(22)21-11-6-12-23-18-7-4-5-10-20-18/h4-5,7,10,14-17H,6,8-9,11-13H2,1-3H3,(H,21,22)/t15-,16?,17-/m1/s1. The van der Waals surface area contributed by atoms with Crippen LogP contribution in [-0.2, 0) is 4.79 Å². The fraction of sp³-hybridized carbons (Fsp3) is 0.684. The number of pyridine rings is 1. The predicted molar refractivity (Wildman–Crippen MR) is 92.2 cm³/mol. The summed E-state index contributed by atoms with van der Waals surface area (Å²) in [5.41, 5.74) is 0. The van der Waals surface area contributed by atoms with Gasteiger partial charge in [-0.15, -0.1) is 0 Å². The lowest BCUT2D eigenvalue weighted by Gasteiger charge is -2.36. The molecule has 1 aliphatic carbocycles. The summed E-state index contributed by atoms with van der Waals surface area (Å²) in [5, 5.41) is 3.10. The molecular weight excluding hydrogens is 288 g/mol. The molecule has 128 valence electrons. The summed E-state index contributed by atoms with van der Waals surface area (Å²) in [5.74, 6) is 2.80. The molecule has 4 nitrogen and oxygen atoms in total. The molecule has 1 aliphatic rings. The molecule has 1 unspecified atom stereocenters. The van der Waals surface area contributed by atoms with E-state index in [0.717, 1.165) is 12.8 Å². The summed E-state index contributed by atoms with van der Waals surface area (Å²) >= 11 is 0. The largest absolute Gasteiger partial charge is 0.478 e. The van der Waals surface area contributed by atoms with E-state index in [0.29, 0.717) is 36.8 Å². The Labute approximate surface area is 140 Å². The lowest BCUT2D eigenvalue weighted by molar-refractivity contribution is -0.129. The Morgan fingerprint density at radius 1 is 1.39 bits per heavy atom. The summed E-state index contributed by atoms with van der Waals surface area (Å²) in [6, 6.07) is 5.61. The van der Waals surface area contributed by atoms with Crippen molar-refractivity contribution in [1.82, 2.24) is 10.3 Å². The van der Waals surface area contributed by atoms with Crippen LogP contribution in [0.2, 0.25) is 0 Å². The second-order valence-electron chi connectivity index (χ2n) is 7.09. The van der Waals surface area contributed by atoms with Crippen LogP contribution < -0.4 is 10.1 Å². The van der Waals surface area contributed by atoms with Gasteiger partial charge in [-0.05, 0) is 43.1 Å². The highest BCUT2D eigenvalue weighted by Crippen LogP contribution is 2.38. The van der Waals surface area contributed by atoms with E-state index in [2.05, 4.69) is 31.1 Å². The highest BCUT2D eigenvalue weighted by molar-refractivity contribution is 5.79. The van der Waals surface area contributed by atoms with Gasteiger partial charge in [0.2, 0.25) is 11.8 Å². The average molecular weight is 318 g/mol. The van der Waals surface area contributed by atoms with Crippen molar-refractivity contribution in [3.63, 3.8) is 0 Å². The Hall–Kier alpha value is -1.58. The van der Waals surface area contributed by atoms with E-state index < -0.39 is 0 Å². The van der Waals surface area contributed by atoms with Crippen LogP contribution in [0.15, 0.2) is 24.4 Å². The van der Waals surface area contributed by atoms with Crippen molar-refractivity contribution in [3.8, 4) is 5.88 Å². The predicted octanol–water partition coefficient (Wildman–Crippen LogP) is 3.68. The molecule has 1 saturated carbocycles. The maximum Gasteiger partial charge on any atom is 0.223 e. The van der Waals surface area contributed by atoms with E-state index in [1.54, 1.807) is 6.20 Å². The van der Waals surface area contributed by atoms with E-state index in [-0.39, 0.29) is 11.8 Å². The van der Waals surface area contributed by atoms with Gasteiger partial charge in [0.05, 0.1) is 6.61 Å². The SMILES string of the molecule is CC(C)C1CC[C@@H](C)C[C@H]1C(=O)NCCCOc1ccccn1. The Bertz CT molecular complexity index is 476. The number of ether oxygens (including phenoxy) is 1. The van der Waals surface area contributed by atoms with Gasteiger partial charge in [0.15, 0.2) is 0 Å². The molecule has 1 amide bonds. The minimum absolute atomic E-state index is 0.176. The molecular formula is C19H30N2O2. The molecule has 1 fully saturated rings. The van der Waals surface area contributed by atoms with Crippen LogP contribution in [0.5, 0.6) is 5.88 Å². The number of hydrogen-bond donors (Lipinski definition) is 1. The minimum Gasteiger partial charge on any atom is -0.478 e. The van der Waals surface area contributed by atoms with Gasteiger partial charge in [0, 0.05) is 24.7 Å². The Morgan fingerprint density at radius 3 is 2.91 bits per heavy atom. The molecule has 2 rings (SSSR count). The van der Waals surface area contributed by atoms with E-state index in [9.17, 15) is 4.79 Å². The Kier molecular flexibility index (Phi) is 6.87. The first kappa shape index (κ1) is 17.8. The van der Waals surface area contributed by atoms with Gasteiger partial charge < -0.3 is 10.1 Å². The monoisotopic (exact) mass is 318 g/mol. The topological polar surface area (TPSA) is 51.2 Å². The fourth-order valence-electron chi connectivity index (χ4n) is 3.53. The van der Waals surface area contributed by atoms with E-state index in [1.165, 1.54) is 12.8 Å². The molecule has 0 aliphatic heterocycles. The number of aromatic nitrogens is 1. The van der Waals surface area contributed by atoms with Crippen LogP contribution in [0.1, 0.15) is 46.5 Å². The summed E-state index contributed by atoms with van der Waals surface area (Å²) in [4.78, 5) is 16.6. The summed E-state index contributed by atoms with van der Waals surface area (Å²) in [7, 11) is 0. The highest BCUT2D eigenvalue weighted by Gasteiger charge is 2.35. The van der Waals surface area contributed by atoms with Crippen molar-refractivity contribution in [1.29, 1.82) is 0 Å². The second kappa shape index (κ2) is 8.90.